The van der Waals surface area contributed by atoms with E-state index >= 15 is 0 Å². The molecule has 0 fully saturated rings. The summed E-state index contributed by atoms with van der Waals surface area (Å²) in [5.41, 5.74) is 1.98. The maximum absolute atomic E-state index is 12.0. The lowest BCUT2D eigenvalue weighted by Crippen LogP contribution is -2.06. The van der Waals surface area contributed by atoms with Crippen LogP contribution in [0.2, 0.25) is 0 Å². The molecule has 1 rings (SSSR count). The Labute approximate surface area is 121 Å². The molecule has 20 heavy (non-hydrogen) atoms. The summed E-state index contributed by atoms with van der Waals surface area (Å²) in [5.74, 6) is 0.471. The molecular weight excluding hydrogens is 252 g/mol. The first-order chi connectivity index (χ1) is 9.52. The monoisotopic (exact) mass is 276 g/mol. The van der Waals surface area contributed by atoms with Gasteiger partial charge in [0, 0.05) is 18.4 Å². The van der Waals surface area contributed by atoms with Gasteiger partial charge < -0.3 is 4.74 Å². The van der Waals surface area contributed by atoms with Gasteiger partial charge in [0.25, 0.3) is 0 Å². The highest BCUT2D eigenvalue weighted by Gasteiger charge is 2.08. The van der Waals surface area contributed by atoms with Gasteiger partial charge in [-0.05, 0) is 31.2 Å². The fourth-order valence-electron chi connectivity index (χ4n) is 2.07. The molecule has 0 bridgehead atoms. The Kier molecular flexibility index (Phi) is 6.99. The quantitative estimate of drug-likeness (QED) is 0.536. The number of ether oxygens (including phenoxy) is 1. The Morgan fingerprint density at radius 3 is 2.30 bits per heavy atom. The first-order valence-electron chi connectivity index (χ1n) is 7.30. The molecule has 0 aliphatic carbocycles. The molecule has 0 aliphatic rings. The van der Waals surface area contributed by atoms with Crippen LogP contribution in [0.15, 0.2) is 24.3 Å². The maximum atomic E-state index is 12.0. The predicted octanol–water partition coefficient (Wildman–Crippen LogP) is 3.80. The minimum absolute atomic E-state index is 0.0883. The van der Waals surface area contributed by atoms with Crippen molar-refractivity contribution in [1.29, 1.82) is 0 Å². The largest absolute Gasteiger partial charge is 0.466 e. The molecule has 1 aromatic carbocycles. The summed E-state index contributed by atoms with van der Waals surface area (Å²) in [7, 11) is 0. The van der Waals surface area contributed by atoms with Crippen LogP contribution in [0.4, 0.5) is 0 Å². The molecule has 3 nitrogen and oxygen atoms in total. The summed E-state index contributed by atoms with van der Waals surface area (Å²) in [4.78, 5) is 23.1. The average Bonchev–Trinajstić information content (AvgIpc) is 2.39. The topological polar surface area (TPSA) is 43.4 Å². The van der Waals surface area contributed by atoms with Gasteiger partial charge in [0.05, 0.1) is 6.61 Å². The molecule has 0 aromatic heterocycles. The Balaban J connectivity index is 2.41. The Morgan fingerprint density at radius 2 is 1.75 bits per heavy atom. The minimum atomic E-state index is -0.229. The van der Waals surface area contributed by atoms with E-state index in [0.717, 1.165) is 12.0 Å². The van der Waals surface area contributed by atoms with Gasteiger partial charge in [-0.15, -0.1) is 0 Å². The van der Waals surface area contributed by atoms with E-state index in [9.17, 15) is 9.59 Å². The van der Waals surface area contributed by atoms with Crippen LogP contribution in [-0.4, -0.2) is 18.4 Å². The lowest BCUT2D eigenvalue weighted by atomic mass is 9.99. The zero-order valence-corrected chi connectivity index (χ0v) is 12.6. The van der Waals surface area contributed by atoms with Crippen molar-refractivity contribution in [2.45, 2.75) is 46.5 Å². The molecule has 0 amide bonds. The van der Waals surface area contributed by atoms with Crippen LogP contribution in [0.5, 0.6) is 0 Å². The Hall–Kier alpha value is -1.64. The van der Waals surface area contributed by atoms with E-state index in [0.29, 0.717) is 31.8 Å². The molecule has 0 N–H and O–H groups in total. The fourth-order valence-corrected chi connectivity index (χ4v) is 2.07. The van der Waals surface area contributed by atoms with Gasteiger partial charge in [-0.3, -0.25) is 9.59 Å². The number of ketones is 1. The molecule has 0 saturated carbocycles. The number of benzene rings is 1. The lowest BCUT2D eigenvalue weighted by Gasteiger charge is -2.06. The number of Topliss-reactive ketones (excluding diaryl/α,β-unsaturated/α-hetero) is 1. The highest BCUT2D eigenvalue weighted by Crippen LogP contribution is 2.12. The highest BCUT2D eigenvalue weighted by atomic mass is 16.5. The van der Waals surface area contributed by atoms with Crippen molar-refractivity contribution < 1.29 is 14.3 Å². The van der Waals surface area contributed by atoms with E-state index < -0.39 is 0 Å². The van der Waals surface area contributed by atoms with Gasteiger partial charge in [0.2, 0.25) is 0 Å². The molecule has 0 unspecified atom stereocenters. The second-order valence-corrected chi connectivity index (χ2v) is 5.38. The average molecular weight is 276 g/mol. The van der Waals surface area contributed by atoms with E-state index in [1.54, 1.807) is 6.92 Å². The standard InChI is InChI=1S/C17H24O3/c1-4-20-17(19)7-5-6-16(18)15-10-8-14(9-11-15)12-13(2)3/h8-11,13H,4-7,12H2,1-3H3. The summed E-state index contributed by atoms with van der Waals surface area (Å²) in [6.45, 7) is 6.52. The first kappa shape index (κ1) is 16.4. The van der Waals surface area contributed by atoms with Crippen molar-refractivity contribution in [3.8, 4) is 0 Å². The van der Waals surface area contributed by atoms with Gasteiger partial charge in [-0.2, -0.15) is 0 Å². The predicted molar refractivity (Wildman–Crippen MR) is 79.8 cm³/mol. The lowest BCUT2D eigenvalue weighted by molar-refractivity contribution is -0.143. The van der Waals surface area contributed by atoms with Crippen LogP contribution >= 0.6 is 0 Å². The van der Waals surface area contributed by atoms with Crippen LogP contribution in [0.25, 0.3) is 0 Å². The number of rotatable bonds is 8. The fraction of sp³-hybridized carbons (Fsp3) is 0.529. The van der Waals surface area contributed by atoms with Gasteiger partial charge in [0.1, 0.15) is 0 Å². The molecule has 0 saturated heterocycles. The number of carbonyl (C=O) groups excluding carboxylic acids is 2. The number of esters is 1. The Bertz CT molecular complexity index is 432. The molecular formula is C17H24O3. The van der Waals surface area contributed by atoms with Gasteiger partial charge in [0.15, 0.2) is 5.78 Å². The Morgan fingerprint density at radius 1 is 1.10 bits per heavy atom. The highest BCUT2D eigenvalue weighted by molar-refractivity contribution is 5.96. The third-order valence-corrected chi connectivity index (χ3v) is 3.01. The van der Waals surface area contributed by atoms with Gasteiger partial charge in [-0.1, -0.05) is 38.1 Å². The summed E-state index contributed by atoms with van der Waals surface area (Å²) in [6, 6.07) is 7.78. The smallest absolute Gasteiger partial charge is 0.305 e. The second kappa shape index (κ2) is 8.51. The van der Waals surface area contributed by atoms with E-state index in [4.69, 9.17) is 4.74 Å². The third kappa shape index (κ3) is 6.00. The van der Waals surface area contributed by atoms with Crippen LogP contribution in [0.3, 0.4) is 0 Å². The minimum Gasteiger partial charge on any atom is -0.466 e. The van der Waals surface area contributed by atoms with Crippen molar-refractivity contribution in [2.24, 2.45) is 5.92 Å². The molecule has 0 heterocycles. The van der Waals surface area contributed by atoms with Crippen molar-refractivity contribution >= 4 is 11.8 Å². The molecule has 0 spiro atoms. The number of hydrogen-bond donors (Lipinski definition) is 0. The molecule has 0 atom stereocenters. The second-order valence-electron chi connectivity index (χ2n) is 5.38. The van der Waals surface area contributed by atoms with Crippen LogP contribution < -0.4 is 0 Å². The zero-order valence-electron chi connectivity index (χ0n) is 12.6. The van der Waals surface area contributed by atoms with E-state index in [2.05, 4.69) is 13.8 Å². The van der Waals surface area contributed by atoms with E-state index in [-0.39, 0.29) is 11.8 Å². The zero-order chi connectivity index (χ0) is 15.0. The number of carbonyl (C=O) groups is 2. The first-order valence-corrected chi connectivity index (χ1v) is 7.30. The molecule has 0 radical (unpaired) electrons. The SMILES string of the molecule is CCOC(=O)CCCC(=O)c1ccc(CC(C)C)cc1. The van der Waals surface area contributed by atoms with Crippen molar-refractivity contribution in [3.63, 3.8) is 0 Å². The molecule has 110 valence electrons. The summed E-state index contributed by atoms with van der Waals surface area (Å²) in [6.07, 6.45) is 2.27. The molecule has 1 aromatic rings. The number of hydrogen-bond acceptors (Lipinski definition) is 3. The van der Waals surface area contributed by atoms with Crippen molar-refractivity contribution in [2.75, 3.05) is 6.61 Å². The van der Waals surface area contributed by atoms with Crippen molar-refractivity contribution in [1.82, 2.24) is 0 Å². The molecule has 0 aliphatic heterocycles. The van der Waals surface area contributed by atoms with E-state index in [1.165, 1.54) is 5.56 Å². The van der Waals surface area contributed by atoms with Crippen molar-refractivity contribution in [3.05, 3.63) is 35.4 Å². The van der Waals surface area contributed by atoms with Gasteiger partial charge >= 0.3 is 5.97 Å². The van der Waals surface area contributed by atoms with Crippen LogP contribution in [0, 0.1) is 5.92 Å². The summed E-state index contributed by atoms with van der Waals surface area (Å²) < 4.78 is 4.83. The summed E-state index contributed by atoms with van der Waals surface area (Å²) >= 11 is 0. The molecule has 3 heteroatoms. The maximum Gasteiger partial charge on any atom is 0.305 e. The van der Waals surface area contributed by atoms with Crippen LogP contribution in [0.1, 0.15) is 56.0 Å². The van der Waals surface area contributed by atoms with E-state index in [1.807, 2.05) is 24.3 Å². The van der Waals surface area contributed by atoms with Gasteiger partial charge in [-0.25, -0.2) is 0 Å². The van der Waals surface area contributed by atoms with Crippen LogP contribution in [-0.2, 0) is 16.0 Å². The summed E-state index contributed by atoms with van der Waals surface area (Å²) in [5, 5.41) is 0. The third-order valence-electron chi connectivity index (χ3n) is 3.01. The normalized spacial score (nSPS) is 10.6.